The summed E-state index contributed by atoms with van der Waals surface area (Å²) in [6.45, 7) is 4.65. The van der Waals surface area contributed by atoms with Crippen molar-refractivity contribution in [2.75, 3.05) is 0 Å². The SMILES string of the molecule is CC1(C)c2ccccc2-c2cc(-c3ccc4oc5cc(C6=NC(c7ccccc7)NC(c7ccc8ccccc8c7)=N6)c6ccccc6c5c4c3)ccc21. The summed E-state index contributed by atoms with van der Waals surface area (Å²) in [6, 6.07) is 58.4. The molecule has 1 N–H and O–H groups in total. The van der Waals surface area contributed by atoms with Crippen molar-refractivity contribution in [3.05, 3.63) is 192 Å². The Morgan fingerprint density at radius 2 is 1.22 bits per heavy atom. The molecule has 0 radical (unpaired) electrons. The van der Waals surface area contributed by atoms with Crippen molar-refractivity contribution in [3.8, 4) is 22.3 Å². The molecule has 256 valence electrons. The maximum absolute atomic E-state index is 6.68. The lowest BCUT2D eigenvalue weighted by Crippen LogP contribution is -2.33. The number of furan rings is 1. The Balaban J connectivity index is 1.07. The first-order valence-electron chi connectivity index (χ1n) is 18.6. The molecule has 2 heterocycles. The summed E-state index contributed by atoms with van der Waals surface area (Å²) in [7, 11) is 0. The van der Waals surface area contributed by atoms with Crippen molar-refractivity contribution in [2.45, 2.75) is 25.4 Å². The van der Waals surface area contributed by atoms with Crippen LogP contribution in [0.3, 0.4) is 0 Å². The topological polar surface area (TPSA) is 49.9 Å². The second kappa shape index (κ2) is 11.6. The molecule has 1 atom stereocenters. The highest BCUT2D eigenvalue weighted by atomic mass is 16.3. The van der Waals surface area contributed by atoms with Crippen molar-refractivity contribution in [2.24, 2.45) is 9.98 Å². The van der Waals surface area contributed by atoms with Gasteiger partial charge in [-0.1, -0.05) is 147 Å². The molecule has 11 rings (SSSR count). The fourth-order valence-electron chi connectivity index (χ4n) is 8.76. The fourth-order valence-corrected chi connectivity index (χ4v) is 8.76. The Labute approximate surface area is 313 Å². The van der Waals surface area contributed by atoms with Gasteiger partial charge in [0.15, 0.2) is 5.84 Å². The standard InChI is InChI=1S/C50H35N3O/c1-50(2)42-19-11-10-17-37(42)39-27-33(22-24-43(39)50)34-23-25-44-41(28-34)46-38-18-9-8-16-36(38)40(29-45(46)54-44)49-52-47(31-13-4-3-5-14-31)51-48(53-49)35-21-20-30-12-6-7-15-32(30)26-35/h3-29,47H,1-2H3,(H,51,52,53). The number of nitrogens with zero attached hydrogens (tertiary/aromatic N) is 2. The molecule has 1 aliphatic carbocycles. The molecule has 4 heteroatoms. The molecule has 1 aromatic heterocycles. The number of rotatable bonds is 4. The summed E-state index contributed by atoms with van der Waals surface area (Å²) in [6.07, 6.45) is -0.308. The van der Waals surface area contributed by atoms with Gasteiger partial charge < -0.3 is 9.73 Å². The Bertz CT molecular complexity index is 3060. The molecular formula is C50H35N3O. The van der Waals surface area contributed by atoms with Gasteiger partial charge in [-0.05, 0) is 90.8 Å². The summed E-state index contributed by atoms with van der Waals surface area (Å²) in [5.41, 5.74) is 12.5. The first-order valence-corrected chi connectivity index (χ1v) is 18.6. The van der Waals surface area contributed by atoms with Gasteiger partial charge in [-0.3, -0.25) is 0 Å². The van der Waals surface area contributed by atoms with Crippen LogP contribution in [0.4, 0.5) is 0 Å². The molecule has 9 aromatic rings. The zero-order valence-electron chi connectivity index (χ0n) is 30.0. The van der Waals surface area contributed by atoms with E-state index in [1.165, 1.54) is 44.2 Å². The predicted molar refractivity (Wildman–Crippen MR) is 224 cm³/mol. The number of benzene rings is 8. The summed E-state index contributed by atoms with van der Waals surface area (Å²) < 4.78 is 6.68. The second-order valence-corrected chi connectivity index (χ2v) is 15.0. The van der Waals surface area contributed by atoms with Gasteiger partial charge in [0.2, 0.25) is 0 Å². The molecule has 0 saturated heterocycles. The summed E-state index contributed by atoms with van der Waals surface area (Å²) >= 11 is 0. The molecule has 54 heavy (non-hydrogen) atoms. The number of aliphatic imine (C=N–C) groups is 2. The molecule has 8 aromatic carbocycles. The normalized spacial score (nSPS) is 15.9. The highest BCUT2D eigenvalue weighted by Gasteiger charge is 2.35. The maximum Gasteiger partial charge on any atom is 0.160 e. The molecule has 0 spiro atoms. The van der Waals surface area contributed by atoms with E-state index >= 15 is 0 Å². The van der Waals surface area contributed by atoms with Crippen LogP contribution in [0.1, 0.15) is 47.8 Å². The van der Waals surface area contributed by atoms with Gasteiger partial charge >= 0.3 is 0 Å². The van der Waals surface area contributed by atoms with Crippen LogP contribution in [0.5, 0.6) is 0 Å². The first-order chi connectivity index (χ1) is 26.5. The molecule has 4 nitrogen and oxygen atoms in total. The van der Waals surface area contributed by atoms with E-state index in [0.717, 1.165) is 55.2 Å². The molecule has 1 unspecified atom stereocenters. The van der Waals surface area contributed by atoms with Gasteiger partial charge in [-0.25, -0.2) is 9.98 Å². The van der Waals surface area contributed by atoms with Gasteiger partial charge in [0.1, 0.15) is 23.2 Å². The highest BCUT2D eigenvalue weighted by Crippen LogP contribution is 2.50. The lowest BCUT2D eigenvalue weighted by Gasteiger charge is -2.24. The molecular weight excluding hydrogens is 659 g/mol. The highest BCUT2D eigenvalue weighted by molar-refractivity contribution is 6.26. The summed E-state index contributed by atoms with van der Waals surface area (Å²) in [4.78, 5) is 10.5. The second-order valence-electron chi connectivity index (χ2n) is 15.0. The lowest BCUT2D eigenvalue weighted by atomic mass is 9.82. The third kappa shape index (κ3) is 4.70. The smallest absolute Gasteiger partial charge is 0.160 e. The zero-order chi connectivity index (χ0) is 36.0. The van der Waals surface area contributed by atoms with Gasteiger partial charge in [0.05, 0.1) is 0 Å². The van der Waals surface area contributed by atoms with E-state index in [1.807, 2.05) is 6.07 Å². The lowest BCUT2D eigenvalue weighted by molar-refractivity contribution is 0.660. The molecule has 0 fully saturated rings. The van der Waals surface area contributed by atoms with Crippen molar-refractivity contribution in [3.63, 3.8) is 0 Å². The van der Waals surface area contributed by atoms with E-state index in [9.17, 15) is 0 Å². The monoisotopic (exact) mass is 693 g/mol. The van der Waals surface area contributed by atoms with E-state index < -0.39 is 0 Å². The summed E-state index contributed by atoms with van der Waals surface area (Å²) in [5.74, 6) is 1.46. The van der Waals surface area contributed by atoms with Crippen molar-refractivity contribution in [1.82, 2.24) is 5.32 Å². The third-order valence-electron chi connectivity index (χ3n) is 11.5. The van der Waals surface area contributed by atoms with Gasteiger partial charge in [-0.2, -0.15) is 0 Å². The average Bonchev–Trinajstić information content (AvgIpc) is 3.71. The molecule has 2 aliphatic rings. The molecule has 0 saturated carbocycles. The van der Waals surface area contributed by atoms with Crippen LogP contribution >= 0.6 is 0 Å². The average molecular weight is 694 g/mol. The minimum atomic E-state index is -0.308. The van der Waals surface area contributed by atoms with Crippen LogP contribution < -0.4 is 5.32 Å². The van der Waals surface area contributed by atoms with Crippen LogP contribution in [0, 0.1) is 0 Å². The van der Waals surface area contributed by atoms with Gasteiger partial charge in [-0.15, -0.1) is 0 Å². The molecule has 1 aliphatic heterocycles. The van der Waals surface area contributed by atoms with E-state index in [4.69, 9.17) is 14.4 Å². The maximum atomic E-state index is 6.68. The Morgan fingerprint density at radius 1 is 0.519 bits per heavy atom. The largest absolute Gasteiger partial charge is 0.456 e. The van der Waals surface area contributed by atoms with E-state index in [-0.39, 0.29) is 11.6 Å². The minimum Gasteiger partial charge on any atom is -0.456 e. The quantitative estimate of drug-likeness (QED) is 0.199. The van der Waals surface area contributed by atoms with Crippen LogP contribution in [0.2, 0.25) is 0 Å². The Kier molecular flexibility index (Phi) is 6.62. The van der Waals surface area contributed by atoms with Crippen LogP contribution in [-0.2, 0) is 5.41 Å². The van der Waals surface area contributed by atoms with Gasteiger partial charge in [0, 0.05) is 27.3 Å². The van der Waals surface area contributed by atoms with Crippen molar-refractivity contribution < 1.29 is 4.42 Å². The van der Waals surface area contributed by atoms with Crippen LogP contribution in [0.15, 0.2) is 178 Å². The van der Waals surface area contributed by atoms with Crippen molar-refractivity contribution in [1.29, 1.82) is 0 Å². The van der Waals surface area contributed by atoms with E-state index in [0.29, 0.717) is 5.84 Å². The third-order valence-corrected chi connectivity index (χ3v) is 11.5. The number of nitrogens with one attached hydrogen (secondary N) is 1. The zero-order valence-corrected chi connectivity index (χ0v) is 30.0. The Morgan fingerprint density at radius 3 is 2.11 bits per heavy atom. The van der Waals surface area contributed by atoms with E-state index in [2.05, 4.69) is 177 Å². The summed E-state index contributed by atoms with van der Waals surface area (Å²) in [5, 5.41) is 10.4. The number of fused-ring (bicyclic) bond motifs is 9. The number of hydrogen-bond acceptors (Lipinski definition) is 4. The van der Waals surface area contributed by atoms with Crippen molar-refractivity contribution >= 4 is 55.2 Å². The van der Waals surface area contributed by atoms with Gasteiger partial charge in [0.25, 0.3) is 0 Å². The minimum absolute atomic E-state index is 0.0219. The van der Waals surface area contributed by atoms with E-state index in [1.54, 1.807) is 0 Å². The Hall–Kier alpha value is -6.78. The molecule has 0 bridgehead atoms. The number of amidine groups is 2. The fraction of sp³-hybridized carbons (Fsp3) is 0.0800. The van der Waals surface area contributed by atoms with Crippen LogP contribution in [-0.4, -0.2) is 11.7 Å². The number of hydrogen-bond donors (Lipinski definition) is 1. The predicted octanol–water partition coefficient (Wildman–Crippen LogP) is 12.4. The molecule has 0 amide bonds. The van der Waals surface area contributed by atoms with Crippen LogP contribution in [0.25, 0.3) is 65.7 Å². The first kappa shape index (κ1) is 30.8.